The van der Waals surface area contributed by atoms with E-state index in [2.05, 4.69) is 97.9 Å². The van der Waals surface area contributed by atoms with Gasteiger partial charge in [0, 0.05) is 6.10 Å². The largest absolute Gasteiger partial charge is 1.00 e. The van der Waals surface area contributed by atoms with Crippen molar-refractivity contribution in [2.75, 3.05) is 0 Å². The molecule has 3 aromatic carbocycles. The van der Waals surface area contributed by atoms with Crippen LogP contribution in [-0.4, -0.2) is 6.10 Å². The van der Waals surface area contributed by atoms with Crippen molar-refractivity contribution < 1.29 is 23.6 Å². The summed E-state index contributed by atoms with van der Waals surface area (Å²) < 4.78 is 7.14. The van der Waals surface area contributed by atoms with Gasteiger partial charge in [-0.15, -0.1) is 0 Å². The molecule has 0 aliphatic heterocycles. The quantitative estimate of drug-likeness (QED) is 0.282. The smallest absolute Gasteiger partial charge is 0.515 e. The summed E-state index contributed by atoms with van der Waals surface area (Å²) >= 11 is 0. The maximum Gasteiger partial charge on any atom is 1.00 e. The van der Waals surface area contributed by atoms with Gasteiger partial charge in [-0.2, -0.15) is 0 Å². The second-order valence-corrected chi connectivity index (χ2v) is 8.92. The Hall–Kier alpha value is -2.04. The number of hydrogen-bond acceptors (Lipinski definition) is 1. The molecule has 0 radical (unpaired) electrons. The summed E-state index contributed by atoms with van der Waals surface area (Å²) in [5.74, 6) is 1.14. The van der Waals surface area contributed by atoms with Crippen molar-refractivity contribution in [1.82, 2.24) is 0 Å². The molecule has 0 amide bonds. The van der Waals surface area contributed by atoms with Gasteiger partial charge in [-0.3, -0.25) is 0 Å². The van der Waals surface area contributed by atoms with Crippen LogP contribution in [0.2, 0.25) is 0 Å². The molecule has 2 atom stereocenters. The molecule has 2 unspecified atom stereocenters. The third-order valence-electron chi connectivity index (χ3n) is 6.78. The van der Waals surface area contributed by atoms with E-state index in [9.17, 15) is 0 Å². The van der Waals surface area contributed by atoms with E-state index in [0.29, 0.717) is 5.92 Å². The first kappa shape index (κ1) is 24.6. The molecule has 0 heterocycles. The summed E-state index contributed by atoms with van der Waals surface area (Å²) in [7, 11) is 0. The van der Waals surface area contributed by atoms with E-state index in [1.165, 1.54) is 25.7 Å². The zero-order valence-electron chi connectivity index (χ0n) is 19.5. The molecule has 1 aliphatic rings. The van der Waals surface area contributed by atoms with E-state index in [-0.39, 0.29) is 25.0 Å². The minimum atomic E-state index is -0.728. The van der Waals surface area contributed by atoms with Crippen molar-refractivity contribution in [1.29, 1.82) is 0 Å². The maximum atomic E-state index is 7.14. The Bertz CT molecular complexity index is 836. The van der Waals surface area contributed by atoms with Crippen LogP contribution in [-0.2, 0) is 10.3 Å². The van der Waals surface area contributed by atoms with Crippen molar-refractivity contribution in [3.8, 4) is 0 Å². The second kappa shape index (κ2) is 11.7. The van der Waals surface area contributed by atoms with Gasteiger partial charge in [0.15, 0.2) is 0 Å². The predicted octanol–water partition coefficient (Wildman–Crippen LogP) is 4.57. The zero-order chi connectivity index (χ0) is 21.5. The van der Waals surface area contributed by atoms with Gasteiger partial charge in [0.05, 0.1) is 0 Å². The van der Waals surface area contributed by atoms with E-state index in [1.807, 2.05) is 0 Å². The summed E-state index contributed by atoms with van der Waals surface area (Å²) in [6, 6.07) is 31.7. The van der Waals surface area contributed by atoms with Crippen LogP contribution in [0.1, 0.15) is 55.7 Å². The second-order valence-electron chi connectivity index (χ2n) is 8.92. The van der Waals surface area contributed by atoms with Crippen LogP contribution in [0.25, 0.3) is 0 Å². The predicted molar refractivity (Wildman–Crippen MR) is 129 cm³/mol. The van der Waals surface area contributed by atoms with Crippen molar-refractivity contribution in [3.05, 3.63) is 120 Å². The summed E-state index contributed by atoms with van der Waals surface area (Å²) in [5, 5.41) is 0. The maximum absolute atomic E-state index is 7.14. The first-order chi connectivity index (χ1) is 15.2. The Balaban J connectivity index is 0.00000289. The van der Waals surface area contributed by atoms with Gasteiger partial charge in [-0.25, -0.2) is 6.08 Å². The Morgan fingerprint density at radius 2 is 1.22 bits per heavy atom. The van der Waals surface area contributed by atoms with E-state index in [0.717, 1.165) is 29.0 Å². The number of ether oxygens (including phenoxy) is 1. The average molecular weight is 417 g/mol. The molecule has 3 aromatic rings. The van der Waals surface area contributed by atoms with E-state index in [1.54, 1.807) is 6.08 Å². The number of hydrogen-bond donors (Lipinski definition) is 0. The molecule has 32 heavy (non-hydrogen) atoms. The van der Waals surface area contributed by atoms with Crippen LogP contribution >= 0.6 is 0 Å². The van der Waals surface area contributed by atoms with Crippen molar-refractivity contribution >= 4 is 0 Å². The molecule has 1 aliphatic carbocycles. The Labute approximate surface area is 206 Å². The third kappa shape index (κ3) is 5.29. The fourth-order valence-electron chi connectivity index (χ4n) is 5.18. The molecular weight excluding hydrogens is 383 g/mol. The van der Waals surface area contributed by atoms with Gasteiger partial charge < -0.3 is 11.3 Å². The van der Waals surface area contributed by atoms with Gasteiger partial charge in [-0.1, -0.05) is 124 Å². The Kier molecular flexibility index (Phi) is 9.00. The van der Waals surface area contributed by atoms with Crippen LogP contribution in [0.15, 0.2) is 97.1 Å². The number of rotatable bonds is 9. The fraction of sp³-hybridized carbons (Fsp3) is 0.333. The Morgan fingerprint density at radius 1 is 0.812 bits per heavy atom. The summed E-state index contributed by atoms with van der Waals surface area (Å²) in [4.78, 5) is 0. The average Bonchev–Trinajstić information content (AvgIpc) is 3.35. The standard InChI is InChI=1S/C30H33O.Li/c1-3-29(24(2)23-25-15-13-14-16-25)31-30(26-17-7-4-8-18-26,27-19-9-5-10-20-27)28-21-11-6-12-22-28;/h1,3-12,17-22,24-25,29H,13-16,23H2,2H3;/q-1;+1. The summed E-state index contributed by atoms with van der Waals surface area (Å²) in [6.45, 7) is 8.53. The minimum Gasteiger partial charge on any atom is -0.515 e. The van der Waals surface area contributed by atoms with E-state index in [4.69, 9.17) is 11.3 Å². The van der Waals surface area contributed by atoms with Gasteiger partial charge in [0.2, 0.25) is 0 Å². The normalized spacial score (nSPS) is 16.2. The van der Waals surface area contributed by atoms with Gasteiger partial charge >= 0.3 is 18.9 Å². The van der Waals surface area contributed by atoms with Gasteiger partial charge in [0.1, 0.15) is 5.60 Å². The van der Waals surface area contributed by atoms with Crippen LogP contribution < -0.4 is 18.9 Å². The van der Waals surface area contributed by atoms with Crippen molar-refractivity contribution in [2.45, 2.75) is 50.7 Å². The molecule has 2 heteroatoms. The minimum absolute atomic E-state index is 0. The summed E-state index contributed by atoms with van der Waals surface area (Å²) in [6.07, 6.45) is 8.16. The molecule has 1 saturated carbocycles. The third-order valence-corrected chi connectivity index (χ3v) is 6.78. The molecule has 1 fully saturated rings. The van der Waals surface area contributed by atoms with Crippen molar-refractivity contribution in [3.63, 3.8) is 0 Å². The fourth-order valence-corrected chi connectivity index (χ4v) is 5.18. The van der Waals surface area contributed by atoms with E-state index < -0.39 is 5.60 Å². The molecule has 0 N–H and O–H groups in total. The molecule has 0 saturated heterocycles. The van der Waals surface area contributed by atoms with Crippen LogP contribution in [0.3, 0.4) is 0 Å². The van der Waals surface area contributed by atoms with Crippen LogP contribution in [0.5, 0.6) is 0 Å². The molecule has 4 rings (SSSR count). The molecular formula is C30H33LiO. The molecule has 160 valence electrons. The SMILES string of the molecule is [CH-]=CC(OC(c1ccccc1)(c1ccccc1)c1ccccc1)C(C)CC1CCCC1.[Li+]. The molecule has 0 spiro atoms. The topological polar surface area (TPSA) is 9.23 Å². The number of benzene rings is 3. The Morgan fingerprint density at radius 3 is 1.59 bits per heavy atom. The first-order valence-corrected chi connectivity index (χ1v) is 11.6. The first-order valence-electron chi connectivity index (χ1n) is 11.6. The van der Waals surface area contributed by atoms with Gasteiger partial charge in [0.25, 0.3) is 0 Å². The van der Waals surface area contributed by atoms with Crippen LogP contribution in [0, 0.1) is 18.4 Å². The zero-order valence-corrected chi connectivity index (χ0v) is 19.5. The van der Waals surface area contributed by atoms with E-state index >= 15 is 0 Å². The van der Waals surface area contributed by atoms with Crippen molar-refractivity contribution in [2.24, 2.45) is 11.8 Å². The molecule has 0 aromatic heterocycles. The monoisotopic (exact) mass is 416 g/mol. The molecule has 1 nitrogen and oxygen atoms in total. The molecule has 0 bridgehead atoms. The van der Waals surface area contributed by atoms with Crippen LogP contribution in [0.4, 0.5) is 0 Å². The van der Waals surface area contributed by atoms with Gasteiger partial charge in [-0.05, 0) is 34.9 Å². The summed E-state index contributed by atoms with van der Waals surface area (Å²) in [5.41, 5.74) is 2.63.